The van der Waals surface area contributed by atoms with Gasteiger partial charge in [0, 0.05) is 12.1 Å². The maximum atomic E-state index is 11.0. The first-order valence-corrected chi connectivity index (χ1v) is 7.48. The standard InChI is InChI=1S/C16H19ClN4O2/c1-10(11-3-5-12(17)6-4-11)21-16(19-2)20-9-13-7-8-14(23-13)15(18)22/h3-8,10H,9H2,1-2H3,(H2,18,22)(H2,19,20,21). The van der Waals surface area contributed by atoms with Gasteiger partial charge in [-0.3, -0.25) is 9.79 Å². The normalized spacial score (nSPS) is 12.7. The van der Waals surface area contributed by atoms with E-state index in [1.54, 1.807) is 19.2 Å². The van der Waals surface area contributed by atoms with Gasteiger partial charge in [-0.25, -0.2) is 0 Å². The molecule has 0 spiro atoms. The van der Waals surface area contributed by atoms with Crippen LogP contribution in [0.5, 0.6) is 0 Å². The Morgan fingerprint density at radius 3 is 2.57 bits per heavy atom. The Morgan fingerprint density at radius 2 is 2.00 bits per heavy atom. The number of hydrogen-bond acceptors (Lipinski definition) is 3. The van der Waals surface area contributed by atoms with Crippen LogP contribution in [0.2, 0.25) is 5.02 Å². The van der Waals surface area contributed by atoms with E-state index in [1.165, 1.54) is 0 Å². The van der Waals surface area contributed by atoms with Crippen LogP contribution in [-0.4, -0.2) is 18.9 Å². The second-order valence-electron chi connectivity index (χ2n) is 4.97. The molecule has 7 heteroatoms. The van der Waals surface area contributed by atoms with Crippen molar-refractivity contribution in [2.45, 2.75) is 19.5 Å². The number of carbonyl (C=O) groups is 1. The number of amides is 1. The minimum atomic E-state index is -0.588. The minimum Gasteiger partial charge on any atom is -0.454 e. The van der Waals surface area contributed by atoms with E-state index in [4.69, 9.17) is 21.8 Å². The predicted octanol–water partition coefficient (Wildman–Crippen LogP) is 2.46. The summed E-state index contributed by atoms with van der Waals surface area (Å²) in [6.07, 6.45) is 0. The number of furan rings is 1. The van der Waals surface area contributed by atoms with Crippen LogP contribution in [0.25, 0.3) is 0 Å². The summed E-state index contributed by atoms with van der Waals surface area (Å²) in [5, 5.41) is 7.08. The molecule has 1 amide bonds. The zero-order chi connectivity index (χ0) is 16.8. The van der Waals surface area contributed by atoms with Crippen LogP contribution < -0.4 is 16.4 Å². The third kappa shape index (κ3) is 4.75. The Bertz CT molecular complexity index is 694. The van der Waals surface area contributed by atoms with Crippen molar-refractivity contribution in [3.05, 3.63) is 58.5 Å². The number of aliphatic imine (C=N–C) groups is 1. The second-order valence-corrected chi connectivity index (χ2v) is 5.41. The quantitative estimate of drug-likeness (QED) is 0.578. The number of rotatable bonds is 5. The molecule has 1 unspecified atom stereocenters. The van der Waals surface area contributed by atoms with Gasteiger partial charge in [0.2, 0.25) is 0 Å². The fourth-order valence-corrected chi connectivity index (χ4v) is 2.14. The lowest BCUT2D eigenvalue weighted by molar-refractivity contribution is 0.0972. The number of carbonyl (C=O) groups excluding carboxylic acids is 1. The molecule has 23 heavy (non-hydrogen) atoms. The first-order valence-electron chi connectivity index (χ1n) is 7.10. The van der Waals surface area contributed by atoms with E-state index in [0.717, 1.165) is 5.56 Å². The molecule has 0 fully saturated rings. The van der Waals surface area contributed by atoms with Gasteiger partial charge in [-0.1, -0.05) is 23.7 Å². The molecular weight excluding hydrogens is 316 g/mol. The van der Waals surface area contributed by atoms with Crippen molar-refractivity contribution in [3.8, 4) is 0 Å². The largest absolute Gasteiger partial charge is 0.454 e. The highest BCUT2D eigenvalue weighted by molar-refractivity contribution is 6.30. The van der Waals surface area contributed by atoms with Gasteiger partial charge in [-0.05, 0) is 36.8 Å². The van der Waals surface area contributed by atoms with E-state index in [0.29, 0.717) is 23.3 Å². The topological polar surface area (TPSA) is 92.6 Å². The molecule has 122 valence electrons. The summed E-state index contributed by atoms with van der Waals surface area (Å²) < 4.78 is 5.31. The molecule has 2 aromatic rings. The number of nitrogens with zero attached hydrogens (tertiary/aromatic N) is 1. The molecule has 1 aromatic carbocycles. The van der Waals surface area contributed by atoms with E-state index in [-0.39, 0.29) is 11.8 Å². The number of halogens is 1. The molecular formula is C16H19ClN4O2. The molecule has 4 N–H and O–H groups in total. The summed E-state index contributed by atoms with van der Waals surface area (Å²) in [6, 6.07) is 10.9. The van der Waals surface area contributed by atoms with Crippen molar-refractivity contribution >= 4 is 23.5 Å². The highest BCUT2D eigenvalue weighted by atomic mass is 35.5. The molecule has 2 rings (SSSR count). The monoisotopic (exact) mass is 334 g/mol. The molecule has 6 nitrogen and oxygen atoms in total. The van der Waals surface area contributed by atoms with Gasteiger partial charge in [0.1, 0.15) is 5.76 Å². The zero-order valence-electron chi connectivity index (χ0n) is 13.0. The van der Waals surface area contributed by atoms with Gasteiger partial charge in [0.15, 0.2) is 11.7 Å². The Labute approximate surface area is 139 Å². The van der Waals surface area contributed by atoms with Gasteiger partial charge in [0.25, 0.3) is 5.91 Å². The highest BCUT2D eigenvalue weighted by Crippen LogP contribution is 2.16. The number of benzene rings is 1. The van der Waals surface area contributed by atoms with E-state index in [1.807, 2.05) is 31.2 Å². The SMILES string of the molecule is CN=C(NCc1ccc(C(N)=O)o1)NC(C)c1ccc(Cl)cc1. The van der Waals surface area contributed by atoms with Crippen molar-refractivity contribution in [3.63, 3.8) is 0 Å². The average molecular weight is 335 g/mol. The minimum absolute atomic E-state index is 0.0521. The maximum Gasteiger partial charge on any atom is 0.284 e. The summed E-state index contributed by atoms with van der Waals surface area (Å²) in [5.41, 5.74) is 6.24. The lowest BCUT2D eigenvalue weighted by Crippen LogP contribution is -2.38. The lowest BCUT2D eigenvalue weighted by Gasteiger charge is -2.18. The number of primary amides is 1. The fourth-order valence-electron chi connectivity index (χ4n) is 2.01. The van der Waals surface area contributed by atoms with Crippen LogP contribution in [0.15, 0.2) is 45.8 Å². The molecule has 0 saturated carbocycles. The van der Waals surface area contributed by atoms with Gasteiger partial charge in [0.05, 0.1) is 12.6 Å². The van der Waals surface area contributed by atoms with Crippen LogP contribution in [0.4, 0.5) is 0 Å². The predicted molar refractivity (Wildman–Crippen MR) is 90.4 cm³/mol. The Balaban J connectivity index is 1.92. The number of nitrogens with two attached hydrogens (primary N) is 1. The Hall–Kier alpha value is -2.47. The van der Waals surface area contributed by atoms with E-state index >= 15 is 0 Å². The van der Waals surface area contributed by atoms with E-state index in [2.05, 4.69) is 15.6 Å². The first kappa shape index (κ1) is 16.9. The van der Waals surface area contributed by atoms with Crippen LogP contribution in [0.3, 0.4) is 0 Å². The lowest BCUT2D eigenvalue weighted by atomic mass is 10.1. The van der Waals surface area contributed by atoms with Crippen LogP contribution >= 0.6 is 11.6 Å². The zero-order valence-corrected chi connectivity index (χ0v) is 13.7. The molecule has 0 bridgehead atoms. The molecule has 1 aromatic heterocycles. The van der Waals surface area contributed by atoms with Gasteiger partial charge < -0.3 is 20.8 Å². The van der Waals surface area contributed by atoms with Crippen LogP contribution in [0, 0.1) is 0 Å². The van der Waals surface area contributed by atoms with Gasteiger partial charge in [-0.15, -0.1) is 0 Å². The number of hydrogen-bond donors (Lipinski definition) is 3. The third-order valence-electron chi connectivity index (χ3n) is 3.28. The first-order chi connectivity index (χ1) is 11.0. The van der Waals surface area contributed by atoms with Gasteiger partial charge >= 0.3 is 0 Å². The maximum absolute atomic E-state index is 11.0. The smallest absolute Gasteiger partial charge is 0.284 e. The van der Waals surface area contributed by atoms with E-state index < -0.39 is 5.91 Å². The van der Waals surface area contributed by atoms with Crippen LogP contribution in [0.1, 0.15) is 34.8 Å². The van der Waals surface area contributed by atoms with Gasteiger partial charge in [-0.2, -0.15) is 0 Å². The van der Waals surface area contributed by atoms with Crippen molar-refractivity contribution in [1.82, 2.24) is 10.6 Å². The number of nitrogens with one attached hydrogen (secondary N) is 2. The Morgan fingerprint density at radius 1 is 1.30 bits per heavy atom. The molecule has 0 aliphatic carbocycles. The average Bonchev–Trinajstić information content (AvgIpc) is 3.01. The third-order valence-corrected chi connectivity index (χ3v) is 3.53. The molecule has 0 radical (unpaired) electrons. The summed E-state index contributed by atoms with van der Waals surface area (Å²) in [7, 11) is 1.68. The van der Waals surface area contributed by atoms with Crippen molar-refractivity contribution in [1.29, 1.82) is 0 Å². The van der Waals surface area contributed by atoms with Crippen molar-refractivity contribution in [2.75, 3.05) is 7.05 Å². The van der Waals surface area contributed by atoms with Crippen molar-refractivity contribution < 1.29 is 9.21 Å². The molecule has 1 atom stereocenters. The summed E-state index contributed by atoms with van der Waals surface area (Å²) in [6.45, 7) is 2.41. The van der Waals surface area contributed by atoms with Crippen molar-refractivity contribution in [2.24, 2.45) is 10.7 Å². The Kier molecular flexibility index (Phi) is 5.65. The fraction of sp³-hybridized carbons (Fsp3) is 0.250. The number of guanidine groups is 1. The summed E-state index contributed by atoms with van der Waals surface area (Å²) >= 11 is 5.89. The van der Waals surface area contributed by atoms with Crippen LogP contribution in [-0.2, 0) is 6.54 Å². The highest BCUT2D eigenvalue weighted by Gasteiger charge is 2.10. The second kappa shape index (κ2) is 7.69. The molecule has 0 aliphatic heterocycles. The summed E-state index contributed by atoms with van der Waals surface area (Å²) in [5.74, 6) is 0.764. The molecule has 0 aliphatic rings. The van der Waals surface area contributed by atoms with E-state index in [9.17, 15) is 4.79 Å². The molecule has 1 heterocycles. The molecule has 0 saturated heterocycles. The summed E-state index contributed by atoms with van der Waals surface area (Å²) in [4.78, 5) is 15.2.